The van der Waals surface area contributed by atoms with E-state index in [9.17, 15) is 0 Å². The zero-order valence-electron chi connectivity index (χ0n) is 10.8. The first-order valence-corrected chi connectivity index (χ1v) is 7.27. The molecule has 1 aliphatic heterocycles. The molecule has 1 unspecified atom stereocenters. The molecule has 1 aromatic carbocycles. The van der Waals surface area contributed by atoms with Crippen LogP contribution < -0.4 is 10.1 Å². The van der Waals surface area contributed by atoms with Crippen molar-refractivity contribution in [2.45, 2.75) is 38.6 Å². The van der Waals surface area contributed by atoms with E-state index < -0.39 is 0 Å². The number of fused-ring (bicyclic) bond motifs is 1. The van der Waals surface area contributed by atoms with Crippen molar-refractivity contribution in [3.8, 4) is 5.75 Å². The maximum absolute atomic E-state index is 6.18. The second-order valence-corrected chi connectivity index (χ2v) is 6.08. The first kappa shape index (κ1) is 12.3. The van der Waals surface area contributed by atoms with Gasteiger partial charge >= 0.3 is 0 Å². The van der Waals surface area contributed by atoms with Gasteiger partial charge in [0.05, 0.1) is 6.61 Å². The molecule has 0 spiro atoms. The summed E-state index contributed by atoms with van der Waals surface area (Å²) in [6.45, 7) is 4.18. The average Bonchev–Trinajstić information content (AvgIpc) is 3.04. The van der Waals surface area contributed by atoms with Crippen molar-refractivity contribution >= 4 is 11.6 Å². The molecule has 0 radical (unpaired) electrons. The fraction of sp³-hybridized carbons (Fsp3) is 0.600. The van der Waals surface area contributed by atoms with Crippen LogP contribution in [0.1, 0.15) is 30.9 Å². The van der Waals surface area contributed by atoms with Crippen LogP contribution in [0, 0.1) is 5.92 Å². The van der Waals surface area contributed by atoms with Crippen molar-refractivity contribution in [1.29, 1.82) is 0 Å². The van der Waals surface area contributed by atoms with E-state index >= 15 is 0 Å². The van der Waals surface area contributed by atoms with Gasteiger partial charge in [-0.1, -0.05) is 18.5 Å². The van der Waals surface area contributed by atoms with Crippen LogP contribution in [-0.2, 0) is 12.8 Å². The van der Waals surface area contributed by atoms with Crippen molar-refractivity contribution < 1.29 is 4.74 Å². The molecule has 0 saturated heterocycles. The zero-order chi connectivity index (χ0) is 12.5. The molecule has 1 fully saturated rings. The van der Waals surface area contributed by atoms with Crippen molar-refractivity contribution in [2.24, 2.45) is 5.92 Å². The summed E-state index contributed by atoms with van der Waals surface area (Å²) in [5.41, 5.74) is 2.56. The quantitative estimate of drug-likeness (QED) is 0.883. The molecule has 1 aliphatic carbocycles. The summed E-state index contributed by atoms with van der Waals surface area (Å²) >= 11 is 6.18. The van der Waals surface area contributed by atoms with Crippen molar-refractivity contribution in [3.05, 3.63) is 28.3 Å². The van der Waals surface area contributed by atoms with E-state index in [0.717, 1.165) is 42.8 Å². The van der Waals surface area contributed by atoms with Crippen LogP contribution in [0.5, 0.6) is 5.75 Å². The highest BCUT2D eigenvalue weighted by molar-refractivity contribution is 6.30. The Balaban J connectivity index is 1.67. The summed E-state index contributed by atoms with van der Waals surface area (Å²) in [6, 6.07) is 4.90. The molecule has 2 aliphatic rings. The predicted molar refractivity (Wildman–Crippen MR) is 74.5 cm³/mol. The second-order valence-electron chi connectivity index (χ2n) is 5.64. The molecule has 3 rings (SSSR count). The third kappa shape index (κ3) is 2.81. The normalized spacial score (nSPS) is 19.4. The Bertz CT molecular complexity index is 442. The van der Waals surface area contributed by atoms with Crippen LogP contribution in [-0.4, -0.2) is 19.2 Å². The van der Waals surface area contributed by atoms with Crippen LogP contribution in [0.3, 0.4) is 0 Å². The van der Waals surface area contributed by atoms with E-state index in [2.05, 4.69) is 18.3 Å². The lowest BCUT2D eigenvalue weighted by Gasteiger charge is -2.15. The smallest absolute Gasteiger partial charge is 0.125 e. The Morgan fingerprint density at radius 2 is 2.28 bits per heavy atom. The molecule has 1 saturated carbocycles. The minimum atomic E-state index is 0.623. The summed E-state index contributed by atoms with van der Waals surface area (Å²) in [7, 11) is 0. The summed E-state index contributed by atoms with van der Waals surface area (Å²) in [5, 5.41) is 4.43. The Kier molecular flexibility index (Phi) is 3.49. The van der Waals surface area contributed by atoms with Crippen molar-refractivity contribution in [1.82, 2.24) is 5.32 Å². The van der Waals surface area contributed by atoms with Gasteiger partial charge in [-0.15, -0.1) is 0 Å². The van der Waals surface area contributed by atoms with E-state index in [-0.39, 0.29) is 0 Å². The van der Waals surface area contributed by atoms with Crippen LogP contribution in [0.25, 0.3) is 0 Å². The number of hydrogen-bond donors (Lipinski definition) is 1. The third-order valence-corrected chi connectivity index (χ3v) is 3.94. The molecular weight excluding hydrogens is 246 g/mol. The fourth-order valence-electron chi connectivity index (χ4n) is 2.60. The molecule has 0 aromatic heterocycles. The Morgan fingerprint density at radius 3 is 3.06 bits per heavy atom. The lowest BCUT2D eigenvalue weighted by Crippen LogP contribution is -2.24. The van der Waals surface area contributed by atoms with E-state index in [1.165, 1.54) is 24.0 Å². The van der Waals surface area contributed by atoms with Gasteiger partial charge in [0.25, 0.3) is 0 Å². The van der Waals surface area contributed by atoms with Gasteiger partial charge in [0.2, 0.25) is 0 Å². The number of ether oxygens (including phenoxy) is 1. The number of hydrogen-bond acceptors (Lipinski definition) is 2. The van der Waals surface area contributed by atoms with Crippen LogP contribution in [0.15, 0.2) is 12.1 Å². The molecule has 0 bridgehead atoms. The molecule has 1 heterocycles. The maximum Gasteiger partial charge on any atom is 0.125 e. The Labute approximate surface area is 114 Å². The number of halogens is 1. The van der Waals surface area contributed by atoms with E-state index in [0.29, 0.717) is 5.92 Å². The van der Waals surface area contributed by atoms with Crippen LogP contribution >= 0.6 is 11.6 Å². The van der Waals surface area contributed by atoms with E-state index in [4.69, 9.17) is 16.3 Å². The minimum absolute atomic E-state index is 0.623. The highest BCUT2D eigenvalue weighted by atomic mass is 35.5. The minimum Gasteiger partial charge on any atom is -0.493 e. The molecule has 1 aromatic rings. The average molecular weight is 266 g/mol. The summed E-state index contributed by atoms with van der Waals surface area (Å²) in [4.78, 5) is 0. The molecule has 18 heavy (non-hydrogen) atoms. The standard InChI is InChI=1S/C15H20ClNO/c1-10(9-17-14-2-3-14)6-12-8-13(16)7-11-4-5-18-15(11)12/h7-8,10,14,17H,2-6,9H2,1H3. The van der Waals surface area contributed by atoms with Gasteiger partial charge in [-0.2, -0.15) is 0 Å². The molecule has 0 amide bonds. The first-order valence-electron chi connectivity index (χ1n) is 6.90. The Morgan fingerprint density at radius 1 is 1.44 bits per heavy atom. The summed E-state index contributed by atoms with van der Waals surface area (Å²) in [5.74, 6) is 1.72. The zero-order valence-corrected chi connectivity index (χ0v) is 11.6. The monoisotopic (exact) mass is 265 g/mol. The molecule has 98 valence electrons. The molecule has 1 N–H and O–H groups in total. The van der Waals surface area contributed by atoms with Crippen molar-refractivity contribution in [3.63, 3.8) is 0 Å². The number of benzene rings is 1. The second kappa shape index (κ2) is 5.10. The maximum atomic E-state index is 6.18. The lowest BCUT2D eigenvalue weighted by molar-refractivity contribution is 0.351. The Hall–Kier alpha value is -0.730. The fourth-order valence-corrected chi connectivity index (χ4v) is 2.86. The lowest BCUT2D eigenvalue weighted by atomic mass is 9.98. The highest BCUT2D eigenvalue weighted by Gasteiger charge is 2.22. The molecule has 1 atom stereocenters. The van der Waals surface area contributed by atoms with Gasteiger partial charge in [-0.3, -0.25) is 0 Å². The van der Waals surface area contributed by atoms with Gasteiger partial charge in [0.1, 0.15) is 5.75 Å². The molecule has 2 nitrogen and oxygen atoms in total. The van der Waals surface area contributed by atoms with Crippen molar-refractivity contribution in [2.75, 3.05) is 13.2 Å². The highest BCUT2D eigenvalue weighted by Crippen LogP contribution is 2.34. The summed E-state index contributed by atoms with van der Waals surface area (Å²) in [6.07, 6.45) is 4.74. The predicted octanol–water partition coefficient (Wildman–Crippen LogP) is 3.21. The van der Waals surface area contributed by atoms with E-state index in [1.807, 2.05) is 6.07 Å². The molecular formula is C15H20ClNO. The largest absolute Gasteiger partial charge is 0.493 e. The van der Waals surface area contributed by atoms with Gasteiger partial charge in [-0.25, -0.2) is 0 Å². The first-order chi connectivity index (χ1) is 8.72. The van der Waals surface area contributed by atoms with Crippen LogP contribution in [0.4, 0.5) is 0 Å². The van der Waals surface area contributed by atoms with Gasteiger partial charge in [-0.05, 0) is 55.0 Å². The topological polar surface area (TPSA) is 21.3 Å². The van der Waals surface area contributed by atoms with Gasteiger partial charge in [0, 0.05) is 17.5 Å². The van der Waals surface area contributed by atoms with Gasteiger partial charge in [0.15, 0.2) is 0 Å². The van der Waals surface area contributed by atoms with Gasteiger partial charge < -0.3 is 10.1 Å². The number of rotatable bonds is 5. The van der Waals surface area contributed by atoms with E-state index in [1.54, 1.807) is 0 Å². The SMILES string of the molecule is CC(CNC1CC1)Cc1cc(Cl)cc2c1OCC2. The third-order valence-electron chi connectivity index (χ3n) is 3.73. The van der Waals surface area contributed by atoms with Crippen LogP contribution in [0.2, 0.25) is 5.02 Å². The summed E-state index contributed by atoms with van der Waals surface area (Å²) < 4.78 is 5.74. The number of nitrogens with one attached hydrogen (secondary N) is 1. The molecule has 3 heteroatoms.